The number of nitrogens with zero attached hydrogens (tertiary/aromatic N) is 4. The van der Waals surface area contributed by atoms with E-state index < -0.39 is 0 Å². The predicted octanol–water partition coefficient (Wildman–Crippen LogP) is 5.67. The molecule has 0 aliphatic rings. The van der Waals surface area contributed by atoms with Gasteiger partial charge >= 0.3 is 0 Å². The Balaban J connectivity index is 1.54. The molecule has 1 N–H and O–H groups in total. The van der Waals surface area contributed by atoms with Crippen LogP contribution in [-0.2, 0) is 13.1 Å². The highest BCUT2D eigenvalue weighted by Crippen LogP contribution is 2.38. The highest BCUT2D eigenvalue weighted by atomic mass is 32.1. The molecule has 6 heteroatoms. The molecule has 0 atom stereocenters. The average Bonchev–Trinajstić information content (AvgIpc) is 3.24. The Morgan fingerprint density at radius 3 is 2.10 bits per heavy atom. The summed E-state index contributed by atoms with van der Waals surface area (Å²) in [5.41, 5.74) is 4.57. The third-order valence-corrected chi connectivity index (χ3v) is 6.10. The van der Waals surface area contributed by atoms with Crippen molar-refractivity contribution in [3.8, 4) is 16.3 Å². The molecule has 5 aromatic rings. The van der Waals surface area contributed by atoms with Crippen LogP contribution in [0.15, 0.2) is 91.3 Å². The molecule has 152 valence electrons. The molecule has 3 heterocycles. The van der Waals surface area contributed by atoms with Crippen LogP contribution in [0.25, 0.3) is 20.8 Å². The zero-order valence-corrected chi connectivity index (χ0v) is 17.5. The van der Waals surface area contributed by atoms with Gasteiger partial charge in [0.1, 0.15) is 10.8 Å². The third-order valence-electron chi connectivity index (χ3n) is 5.03. The zero-order valence-electron chi connectivity index (χ0n) is 16.7. The number of aromatic nitrogens is 3. The topological polar surface area (TPSA) is 62.1 Å². The molecule has 5 rings (SSSR count). The highest BCUT2D eigenvalue weighted by molar-refractivity contribution is 7.21. The summed E-state index contributed by atoms with van der Waals surface area (Å²) in [5, 5.41) is 11.4. The first-order chi connectivity index (χ1) is 15.3. The maximum atomic E-state index is 10.6. The first kappa shape index (κ1) is 19.2. The monoisotopic (exact) mass is 424 g/mol. The molecule has 0 aliphatic heterocycles. The Kier molecular flexibility index (Phi) is 5.29. The number of para-hydroxylation sites is 1. The van der Waals surface area contributed by atoms with Crippen molar-refractivity contribution in [3.63, 3.8) is 0 Å². The normalized spacial score (nSPS) is 11.0. The lowest BCUT2D eigenvalue weighted by Gasteiger charge is -2.25. The van der Waals surface area contributed by atoms with Crippen molar-refractivity contribution < 1.29 is 5.11 Å². The number of rotatable bonds is 6. The van der Waals surface area contributed by atoms with E-state index in [1.54, 1.807) is 29.8 Å². The fourth-order valence-electron chi connectivity index (χ4n) is 3.49. The van der Waals surface area contributed by atoms with E-state index in [1.165, 1.54) is 0 Å². The van der Waals surface area contributed by atoms with Crippen LogP contribution in [0.1, 0.15) is 11.4 Å². The fraction of sp³-hybridized carbons (Fsp3) is 0.0800. The first-order valence-electron chi connectivity index (χ1n) is 10.00. The zero-order chi connectivity index (χ0) is 21.0. The van der Waals surface area contributed by atoms with Gasteiger partial charge in [-0.05, 0) is 54.6 Å². The number of benzene rings is 2. The molecule has 0 amide bonds. The number of fused-ring (bicyclic) bond motifs is 1. The summed E-state index contributed by atoms with van der Waals surface area (Å²) in [6.45, 7) is 1.25. The Labute approximate surface area is 184 Å². The molecular weight excluding hydrogens is 404 g/mol. The lowest BCUT2D eigenvalue weighted by molar-refractivity contribution is 0.477. The quantitative estimate of drug-likeness (QED) is 0.381. The summed E-state index contributed by atoms with van der Waals surface area (Å²) in [5.74, 6) is 0.221. The molecule has 5 nitrogen and oxygen atoms in total. The number of phenolic OH excluding ortho intramolecular Hbond substituents is 1. The van der Waals surface area contributed by atoms with Crippen molar-refractivity contribution in [2.75, 3.05) is 4.90 Å². The second-order valence-corrected chi connectivity index (χ2v) is 8.22. The average molecular weight is 425 g/mol. The summed E-state index contributed by atoms with van der Waals surface area (Å²) in [7, 11) is 0. The van der Waals surface area contributed by atoms with Gasteiger partial charge in [0.15, 0.2) is 0 Å². The smallest absolute Gasteiger partial charge is 0.128 e. The van der Waals surface area contributed by atoms with Gasteiger partial charge in [-0.15, -0.1) is 11.3 Å². The van der Waals surface area contributed by atoms with Crippen LogP contribution >= 0.6 is 11.3 Å². The fourth-order valence-corrected chi connectivity index (χ4v) is 4.48. The predicted molar refractivity (Wildman–Crippen MR) is 125 cm³/mol. The van der Waals surface area contributed by atoms with Gasteiger partial charge in [-0.2, -0.15) is 0 Å². The van der Waals surface area contributed by atoms with E-state index in [0.717, 1.165) is 37.9 Å². The molecule has 0 saturated carbocycles. The molecule has 0 bridgehead atoms. The molecule has 0 unspecified atom stereocenters. The van der Waals surface area contributed by atoms with Gasteiger partial charge in [0.2, 0.25) is 0 Å². The largest absolute Gasteiger partial charge is 0.507 e. The second-order valence-electron chi connectivity index (χ2n) is 7.19. The van der Waals surface area contributed by atoms with Crippen LogP contribution < -0.4 is 4.90 Å². The van der Waals surface area contributed by atoms with Crippen LogP contribution in [0, 0.1) is 0 Å². The second kappa shape index (κ2) is 8.53. The van der Waals surface area contributed by atoms with E-state index in [-0.39, 0.29) is 5.75 Å². The molecule has 3 aromatic heterocycles. The van der Waals surface area contributed by atoms with Gasteiger partial charge < -0.3 is 10.0 Å². The van der Waals surface area contributed by atoms with Gasteiger partial charge in [0.05, 0.1) is 40.3 Å². The number of hydrogen-bond donors (Lipinski definition) is 1. The van der Waals surface area contributed by atoms with E-state index >= 15 is 0 Å². The van der Waals surface area contributed by atoms with Gasteiger partial charge in [0.25, 0.3) is 0 Å². The van der Waals surface area contributed by atoms with E-state index in [2.05, 4.69) is 14.9 Å². The van der Waals surface area contributed by atoms with E-state index in [4.69, 9.17) is 4.98 Å². The molecule has 0 spiro atoms. The van der Waals surface area contributed by atoms with Crippen LogP contribution in [0.5, 0.6) is 5.75 Å². The standard InChI is InChI=1S/C25H20N4OS/c30-23-12-11-20(15-21(23)25-28-22-9-1-2-10-24(22)31-25)29(16-18-7-3-5-13-26-18)17-19-8-4-6-14-27-19/h1-15,30H,16-17H2. The number of anilines is 1. The lowest BCUT2D eigenvalue weighted by Crippen LogP contribution is -2.23. The summed E-state index contributed by atoms with van der Waals surface area (Å²) in [4.78, 5) is 15.9. The molecule has 0 radical (unpaired) electrons. The molecule has 0 fully saturated rings. The number of aromatic hydroxyl groups is 1. The minimum absolute atomic E-state index is 0.221. The molecule has 2 aromatic carbocycles. The van der Waals surface area contributed by atoms with Crippen LogP contribution in [0.2, 0.25) is 0 Å². The summed E-state index contributed by atoms with van der Waals surface area (Å²) in [6.07, 6.45) is 3.61. The van der Waals surface area contributed by atoms with Crippen molar-refractivity contribution in [1.29, 1.82) is 0 Å². The van der Waals surface area contributed by atoms with Gasteiger partial charge in [0, 0.05) is 18.1 Å². The molecule has 0 aliphatic carbocycles. The third kappa shape index (κ3) is 4.25. The van der Waals surface area contributed by atoms with Crippen LogP contribution in [-0.4, -0.2) is 20.1 Å². The van der Waals surface area contributed by atoms with Gasteiger partial charge in [-0.25, -0.2) is 4.98 Å². The summed E-state index contributed by atoms with van der Waals surface area (Å²) in [6, 6.07) is 25.5. The Hall–Kier alpha value is -3.77. The van der Waals surface area contributed by atoms with Crippen molar-refractivity contribution in [2.45, 2.75) is 13.1 Å². The summed E-state index contributed by atoms with van der Waals surface area (Å²) >= 11 is 1.58. The Bertz CT molecular complexity index is 1230. The Morgan fingerprint density at radius 2 is 1.45 bits per heavy atom. The SMILES string of the molecule is Oc1ccc(N(Cc2ccccn2)Cc2ccccn2)cc1-c1nc2ccccc2s1. The van der Waals surface area contributed by atoms with Crippen LogP contribution in [0.3, 0.4) is 0 Å². The van der Waals surface area contributed by atoms with E-state index in [1.807, 2.05) is 72.8 Å². The lowest BCUT2D eigenvalue weighted by atomic mass is 10.1. The highest BCUT2D eigenvalue weighted by Gasteiger charge is 2.16. The minimum atomic E-state index is 0.221. The maximum absolute atomic E-state index is 10.6. The van der Waals surface area contributed by atoms with E-state index in [0.29, 0.717) is 13.1 Å². The van der Waals surface area contributed by atoms with Crippen molar-refractivity contribution >= 4 is 27.2 Å². The maximum Gasteiger partial charge on any atom is 0.128 e. The minimum Gasteiger partial charge on any atom is -0.507 e. The number of pyridine rings is 2. The van der Waals surface area contributed by atoms with Crippen molar-refractivity contribution in [3.05, 3.63) is 103 Å². The molecule has 31 heavy (non-hydrogen) atoms. The van der Waals surface area contributed by atoms with Crippen molar-refractivity contribution in [1.82, 2.24) is 15.0 Å². The van der Waals surface area contributed by atoms with Gasteiger partial charge in [-0.3, -0.25) is 9.97 Å². The number of phenols is 1. The van der Waals surface area contributed by atoms with E-state index in [9.17, 15) is 5.11 Å². The van der Waals surface area contributed by atoms with Gasteiger partial charge in [-0.1, -0.05) is 24.3 Å². The molecule has 0 saturated heterocycles. The first-order valence-corrected chi connectivity index (χ1v) is 10.8. The molecular formula is C25H20N4OS. The Morgan fingerprint density at radius 1 is 0.774 bits per heavy atom. The van der Waals surface area contributed by atoms with Crippen LogP contribution in [0.4, 0.5) is 5.69 Å². The summed E-state index contributed by atoms with van der Waals surface area (Å²) < 4.78 is 1.10. The number of thiazole rings is 1. The number of hydrogen-bond acceptors (Lipinski definition) is 6. The van der Waals surface area contributed by atoms with Crippen molar-refractivity contribution in [2.24, 2.45) is 0 Å².